The van der Waals surface area contributed by atoms with Crippen LogP contribution in [0.5, 0.6) is 5.75 Å². The largest absolute Gasteiger partial charge is 0.506 e. The van der Waals surface area contributed by atoms with Gasteiger partial charge in [-0.3, -0.25) is 9.89 Å². The fourth-order valence-corrected chi connectivity index (χ4v) is 3.91. The lowest BCUT2D eigenvalue weighted by molar-refractivity contribution is 0.478. The third-order valence-electron chi connectivity index (χ3n) is 5.40. The van der Waals surface area contributed by atoms with Gasteiger partial charge in [0.25, 0.3) is 5.56 Å². The van der Waals surface area contributed by atoms with Gasteiger partial charge < -0.3 is 10.8 Å². The molecule has 0 bridgehead atoms. The van der Waals surface area contributed by atoms with Crippen molar-refractivity contribution < 1.29 is 5.11 Å². The molecule has 2 heterocycles. The quantitative estimate of drug-likeness (QED) is 0.300. The molecule has 0 aliphatic carbocycles. The van der Waals surface area contributed by atoms with Gasteiger partial charge in [-0.15, -0.1) is 0 Å². The number of anilines is 1. The Morgan fingerprint density at radius 3 is 2.16 bits per heavy atom. The Morgan fingerprint density at radius 1 is 0.871 bits per heavy atom. The predicted octanol–water partition coefficient (Wildman–Crippen LogP) is 4.62. The first-order valence-corrected chi connectivity index (χ1v) is 9.89. The zero-order valence-corrected chi connectivity index (χ0v) is 16.8. The van der Waals surface area contributed by atoms with E-state index in [0.717, 1.165) is 22.4 Å². The number of benzene rings is 3. The van der Waals surface area contributed by atoms with Gasteiger partial charge in [0.15, 0.2) is 5.65 Å². The van der Waals surface area contributed by atoms with E-state index in [1.54, 1.807) is 12.1 Å². The van der Waals surface area contributed by atoms with E-state index in [2.05, 4.69) is 5.10 Å². The molecule has 152 valence electrons. The Morgan fingerprint density at radius 2 is 1.52 bits per heavy atom. The van der Waals surface area contributed by atoms with Crippen LogP contribution >= 0.6 is 0 Å². The van der Waals surface area contributed by atoms with E-state index in [1.807, 2.05) is 67.6 Å². The third-order valence-corrected chi connectivity index (χ3v) is 5.40. The maximum Gasteiger partial charge on any atom is 0.280 e. The monoisotopic (exact) mass is 408 g/mol. The van der Waals surface area contributed by atoms with Crippen molar-refractivity contribution in [2.45, 2.75) is 6.92 Å². The summed E-state index contributed by atoms with van der Waals surface area (Å²) in [6.07, 6.45) is 0. The summed E-state index contributed by atoms with van der Waals surface area (Å²) in [6.45, 7) is 1.81. The van der Waals surface area contributed by atoms with Crippen LogP contribution in [0, 0.1) is 6.92 Å². The van der Waals surface area contributed by atoms with Crippen molar-refractivity contribution in [3.8, 4) is 39.3 Å². The zero-order chi connectivity index (χ0) is 21.5. The highest BCUT2D eigenvalue weighted by Crippen LogP contribution is 2.35. The minimum Gasteiger partial charge on any atom is -0.506 e. The number of rotatable bonds is 3. The molecule has 0 spiro atoms. The second kappa shape index (κ2) is 7.18. The summed E-state index contributed by atoms with van der Waals surface area (Å²) in [5.74, 6) is -0.0202. The minimum absolute atomic E-state index is 0.0202. The average Bonchev–Trinajstić information content (AvgIpc) is 3.17. The van der Waals surface area contributed by atoms with E-state index in [1.165, 1.54) is 10.6 Å². The van der Waals surface area contributed by atoms with E-state index in [0.29, 0.717) is 22.5 Å². The molecule has 4 N–H and O–H groups in total. The number of hydrogen-bond donors (Lipinski definition) is 3. The second-order valence-electron chi connectivity index (χ2n) is 7.40. The summed E-state index contributed by atoms with van der Waals surface area (Å²) in [5, 5.41) is 13.0. The molecule has 5 aromatic rings. The summed E-state index contributed by atoms with van der Waals surface area (Å²) in [6, 6.07) is 24.5. The molecule has 0 amide bonds. The molecule has 0 saturated carbocycles. The standard InChI is InChI=1S/C25H20N4O2/c1-15-21(18-12-13-20(30)19(26)14-18)25(31)29-24(27-15)22(16-8-4-2-5-9-16)23(28-29)17-10-6-3-7-11-17/h2-14,28,30H,26H2,1H3. The molecule has 6 heteroatoms. The molecule has 3 aromatic carbocycles. The first kappa shape index (κ1) is 18.7. The van der Waals surface area contributed by atoms with Crippen molar-refractivity contribution in [3.63, 3.8) is 0 Å². The number of aromatic hydroxyl groups is 1. The van der Waals surface area contributed by atoms with Gasteiger partial charge in [0.1, 0.15) is 5.75 Å². The Hall–Kier alpha value is -4.32. The van der Waals surface area contributed by atoms with Gasteiger partial charge in [-0.25, -0.2) is 4.98 Å². The van der Waals surface area contributed by atoms with Crippen molar-refractivity contribution in [2.24, 2.45) is 0 Å². The summed E-state index contributed by atoms with van der Waals surface area (Å²) in [7, 11) is 0. The van der Waals surface area contributed by atoms with Gasteiger partial charge in [-0.05, 0) is 30.2 Å². The highest BCUT2D eigenvalue weighted by molar-refractivity contribution is 5.91. The minimum atomic E-state index is -0.230. The van der Waals surface area contributed by atoms with Gasteiger partial charge in [0, 0.05) is 5.56 Å². The maximum atomic E-state index is 13.6. The Balaban J connectivity index is 1.86. The Labute approximate surface area is 178 Å². The number of phenolic OH excluding ortho intramolecular Hbond substituents is 1. The Bertz CT molecular complexity index is 1470. The summed E-state index contributed by atoms with van der Waals surface area (Å²) in [4.78, 5) is 18.4. The molecule has 0 aliphatic heterocycles. The van der Waals surface area contributed by atoms with Gasteiger partial charge in [0.2, 0.25) is 0 Å². The van der Waals surface area contributed by atoms with Gasteiger partial charge >= 0.3 is 0 Å². The normalized spacial score (nSPS) is 11.1. The zero-order valence-electron chi connectivity index (χ0n) is 16.8. The fraction of sp³-hybridized carbons (Fsp3) is 0.0400. The molecule has 5 rings (SSSR count). The number of nitrogen functional groups attached to an aromatic ring is 1. The van der Waals surface area contributed by atoms with E-state index >= 15 is 0 Å². The van der Waals surface area contributed by atoms with Crippen LogP contribution in [-0.4, -0.2) is 19.7 Å². The third kappa shape index (κ3) is 3.05. The molecule has 0 atom stereocenters. The van der Waals surface area contributed by atoms with Gasteiger partial charge in [-0.1, -0.05) is 66.7 Å². The van der Waals surface area contributed by atoms with Gasteiger partial charge in [-0.2, -0.15) is 4.52 Å². The van der Waals surface area contributed by atoms with Crippen molar-refractivity contribution in [3.05, 3.63) is 94.9 Å². The highest BCUT2D eigenvalue weighted by Gasteiger charge is 2.21. The Kier molecular flexibility index (Phi) is 4.33. The number of fused-ring (bicyclic) bond motifs is 1. The van der Waals surface area contributed by atoms with E-state index in [4.69, 9.17) is 10.7 Å². The van der Waals surface area contributed by atoms with E-state index in [9.17, 15) is 9.90 Å². The number of H-pyrrole nitrogens is 1. The van der Waals surface area contributed by atoms with Crippen molar-refractivity contribution >= 4 is 11.3 Å². The summed E-state index contributed by atoms with van der Waals surface area (Å²) < 4.78 is 1.48. The van der Waals surface area contributed by atoms with Crippen molar-refractivity contribution in [2.75, 3.05) is 5.73 Å². The first-order valence-electron chi connectivity index (χ1n) is 9.89. The lowest BCUT2D eigenvalue weighted by Gasteiger charge is -2.08. The molecular weight excluding hydrogens is 388 g/mol. The number of phenols is 1. The van der Waals surface area contributed by atoms with E-state index < -0.39 is 0 Å². The molecule has 0 unspecified atom stereocenters. The smallest absolute Gasteiger partial charge is 0.280 e. The lowest BCUT2D eigenvalue weighted by atomic mass is 10.0. The van der Waals surface area contributed by atoms with Crippen LogP contribution in [0.1, 0.15) is 5.69 Å². The summed E-state index contributed by atoms with van der Waals surface area (Å²) in [5.41, 5.74) is 11.6. The highest BCUT2D eigenvalue weighted by atomic mass is 16.3. The molecule has 0 saturated heterocycles. The lowest BCUT2D eigenvalue weighted by Crippen LogP contribution is -2.19. The van der Waals surface area contributed by atoms with Crippen LogP contribution < -0.4 is 11.3 Å². The molecule has 6 nitrogen and oxygen atoms in total. The van der Waals surface area contributed by atoms with Crippen molar-refractivity contribution in [1.29, 1.82) is 0 Å². The second-order valence-corrected chi connectivity index (χ2v) is 7.40. The molecule has 31 heavy (non-hydrogen) atoms. The summed E-state index contributed by atoms with van der Waals surface area (Å²) >= 11 is 0. The SMILES string of the molecule is Cc1nc2c(-c3ccccc3)c(-c3ccccc3)[nH]n2c(=O)c1-c1ccc(O)c(N)c1. The van der Waals surface area contributed by atoms with Crippen LogP contribution in [0.3, 0.4) is 0 Å². The number of hydrogen-bond acceptors (Lipinski definition) is 4. The topological polar surface area (TPSA) is 96.4 Å². The molecule has 0 radical (unpaired) electrons. The molecule has 0 fully saturated rings. The average molecular weight is 408 g/mol. The first-order chi connectivity index (χ1) is 15.0. The number of aryl methyl sites for hydroxylation is 1. The molecule has 2 aromatic heterocycles. The van der Waals surface area contributed by atoms with E-state index in [-0.39, 0.29) is 17.0 Å². The molecule has 0 aliphatic rings. The van der Waals surface area contributed by atoms with Crippen LogP contribution in [0.2, 0.25) is 0 Å². The van der Waals surface area contributed by atoms with Crippen molar-refractivity contribution in [1.82, 2.24) is 14.6 Å². The fourth-order valence-electron chi connectivity index (χ4n) is 3.91. The number of aromatic amines is 1. The van der Waals surface area contributed by atoms with Crippen LogP contribution in [0.15, 0.2) is 83.7 Å². The number of nitrogens with one attached hydrogen (secondary N) is 1. The van der Waals surface area contributed by atoms with Crippen LogP contribution in [0.4, 0.5) is 5.69 Å². The molecular formula is C25H20N4O2. The number of nitrogens with two attached hydrogens (primary N) is 1. The van der Waals surface area contributed by atoms with Crippen LogP contribution in [0.25, 0.3) is 39.2 Å². The van der Waals surface area contributed by atoms with Crippen LogP contribution in [-0.2, 0) is 0 Å². The number of nitrogens with zero attached hydrogens (tertiary/aromatic N) is 2. The maximum absolute atomic E-state index is 13.6. The predicted molar refractivity (Wildman–Crippen MR) is 123 cm³/mol. The van der Waals surface area contributed by atoms with Gasteiger partial charge in [0.05, 0.1) is 28.2 Å². The number of aromatic nitrogens is 3.